The van der Waals surface area contributed by atoms with Crippen LogP contribution in [-0.4, -0.2) is 27.3 Å². The van der Waals surface area contributed by atoms with Crippen LogP contribution >= 0.6 is 0 Å². The lowest BCUT2D eigenvalue weighted by Gasteiger charge is -1.99. The second-order valence-corrected chi connectivity index (χ2v) is 3.28. The molecule has 0 bridgehead atoms. The highest BCUT2D eigenvalue weighted by Gasteiger charge is 1.99. The average Bonchev–Trinajstić information content (AvgIpc) is 2.09. The molecular formula is C10H16O5. The highest BCUT2D eigenvalue weighted by molar-refractivity contribution is 5.80. The van der Waals surface area contributed by atoms with Crippen LogP contribution in [0.25, 0.3) is 0 Å². The van der Waals surface area contributed by atoms with Gasteiger partial charge in [-0.05, 0) is 12.8 Å². The number of aliphatic hydroxyl groups is 1. The molecule has 0 fully saturated rings. The fourth-order valence-corrected chi connectivity index (χ4v) is 1.15. The molecule has 0 aliphatic rings. The zero-order valence-corrected chi connectivity index (χ0v) is 8.48. The van der Waals surface area contributed by atoms with Crippen molar-refractivity contribution in [2.75, 3.05) is 0 Å². The first-order valence-electron chi connectivity index (χ1n) is 4.86. The SMILES string of the molecule is O=C(O)/C=C(\O)CCCCCCC(=O)O. The summed E-state index contributed by atoms with van der Waals surface area (Å²) in [4.78, 5) is 20.3. The van der Waals surface area contributed by atoms with E-state index in [-0.39, 0.29) is 12.2 Å². The molecule has 5 nitrogen and oxygen atoms in total. The molecule has 0 aliphatic carbocycles. The molecule has 0 aromatic heterocycles. The van der Waals surface area contributed by atoms with E-state index >= 15 is 0 Å². The molecule has 0 unspecified atom stereocenters. The average molecular weight is 216 g/mol. The van der Waals surface area contributed by atoms with Gasteiger partial charge in [0.15, 0.2) is 0 Å². The van der Waals surface area contributed by atoms with Crippen LogP contribution in [0.3, 0.4) is 0 Å². The molecule has 0 rings (SSSR count). The summed E-state index contributed by atoms with van der Waals surface area (Å²) in [6, 6.07) is 0. The summed E-state index contributed by atoms with van der Waals surface area (Å²) in [6.07, 6.45) is 4.15. The molecular weight excluding hydrogens is 200 g/mol. The van der Waals surface area contributed by atoms with Gasteiger partial charge in [-0.15, -0.1) is 0 Å². The molecule has 0 heterocycles. The number of carboxylic acid groups (broad SMARTS) is 2. The van der Waals surface area contributed by atoms with E-state index in [2.05, 4.69) is 0 Å². The zero-order valence-electron chi connectivity index (χ0n) is 8.48. The monoisotopic (exact) mass is 216 g/mol. The largest absolute Gasteiger partial charge is 0.512 e. The van der Waals surface area contributed by atoms with Gasteiger partial charge in [0.1, 0.15) is 0 Å². The molecule has 15 heavy (non-hydrogen) atoms. The first kappa shape index (κ1) is 13.5. The minimum atomic E-state index is -1.15. The number of rotatable bonds is 8. The lowest BCUT2D eigenvalue weighted by molar-refractivity contribution is -0.137. The van der Waals surface area contributed by atoms with Crippen molar-refractivity contribution in [1.29, 1.82) is 0 Å². The summed E-state index contributed by atoms with van der Waals surface area (Å²) in [5, 5.41) is 25.7. The lowest BCUT2D eigenvalue weighted by Crippen LogP contribution is -1.94. The molecule has 0 aliphatic heterocycles. The van der Waals surface area contributed by atoms with Crippen molar-refractivity contribution in [2.45, 2.75) is 38.5 Å². The Balaban J connectivity index is 3.39. The van der Waals surface area contributed by atoms with Crippen molar-refractivity contribution in [1.82, 2.24) is 0 Å². The Hall–Kier alpha value is -1.52. The van der Waals surface area contributed by atoms with Gasteiger partial charge in [0.05, 0.1) is 11.8 Å². The maximum absolute atomic E-state index is 10.1. The van der Waals surface area contributed by atoms with Crippen LogP contribution in [0.15, 0.2) is 11.8 Å². The smallest absolute Gasteiger partial charge is 0.331 e. The highest BCUT2D eigenvalue weighted by atomic mass is 16.4. The van der Waals surface area contributed by atoms with Crippen LogP contribution in [0.2, 0.25) is 0 Å². The lowest BCUT2D eigenvalue weighted by atomic mass is 10.1. The molecule has 0 saturated carbocycles. The number of hydrogen-bond donors (Lipinski definition) is 3. The summed E-state index contributed by atoms with van der Waals surface area (Å²) < 4.78 is 0. The molecule has 0 saturated heterocycles. The van der Waals surface area contributed by atoms with Crippen LogP contribution < -0.4 is 0 Å². The van der Waals surface area contributed by atoms with Gasteiger partial charge in [-0.1, -0.05) is 12.8 Å². The summed E-state index contributed by atoms with van der Waals surface area (Å²) in [5.41, 5.74) is 0. The zero-order chi connectivity index (χ0) is 11.7. The van der Waals surface area contributed by atoms with Crippen molar-refractivity contribution >= 4 is 11.9 Å². The van der Waals surface area contributed by atoms with Gasteiger partial charge in [0.25, 0.3) is 0 Å². The van der Waals surface area contributed by atoms with Gasteiger partial charge in [-0.3, -0.25) is 4.79 Å². The van der Waals surface area contributed by atoms with Crippen LogP contribution in [-0.2, 0) is 9.59 Å². The highest BCUT2D eigenvalue weighted by Crippen LogP contribution is 2.09. The van der Waals surface area contributed by atoms with Crippen molar-refractivity contribution in [3.63, 3.8) is 0 Å². The van der Waals surface area contributed by atoms with E-state index in [9.17, 15) is 9.59 Å². The third kappa shape index (κ3) is 10.4. The van der Waals surface area contributed by atoms with Crippen molar-refractivity contribution < 1.29 is 24.9 Å². The van der Waals surface area contributed by atoms with E-state index in [4.69, 9.17) is 15.3 Å². The Kier molecular flexibility index (Phi) is 7.05. The fourth-order valence-electron chi connectivity index (χ4n) is 1.15. The number of carbonyl (C=O) groups is 2. The van der Waals surface area contributed by atoms with Gasteiger partial charge < -0.3 is 15.3 Å². The number of unbranched alkanes of at least 4 members (excludes halogenated alkanes) is 3. The van der Waals surface area contributed by atoms with E-state index in [1.807, 2.05) is 0 Å². The van der Waals surface area contributed by atoms with Gasteiger partial charge in [-0.2, -0.15) is 0 Å². The minimum absolute atomic E-state index is 0.138. The fraction of sp³-hybridized carbons (Fsp3) is 0.600. The first-order chi connectivity index (χ1) is 7.02. The third-order valence-electron chi connectivity index (χ3n) is 1.86. The van der Waals surface area contributed by atoms with Gasteiger partial charge >= 0.3 is 11.9 Å². The predicted molar refractivity (Wildman–Crippen MR) is 53.7 cm³/mol. The molecule has 86 valence electrons. The van der Waals surface area contributed by atoms with Crippen LogP contribution in [0.5, 0.6) is 0 Å². The number of allylic oxidation sites excluding steroid dienone is 1. The normalized spacial score (nSPS) is 11.3. The Labute approximate surface area is 88.0 Å². The van der Waals surface area contributed by atoms with Crippen LogP contribution in [0.1, 0.15) is 38.5 Å². The summed E-state index contributed by atoms with van der Waals surface area (Å²) >= 11 is 0. The van der Waals surface area contributed by atoms with E-state index in [0.717, 1.165) is 18.9 Å². The molecule has 0 aromatic rings. The number of carboxylic acids is 2. The maximum atomic E-state index is 10.1. The Morgan fingerprint density at radius 3 is 1.87 bits per heavy atom. The van der Waals surface area contributed by atoms with E-state index in [0.29, 0.717) is 19.3 Å². The third-order valence-corrected chi connectivity index (χ3v) is 1.86. The topological polar surface area (TPSA) is 94.8 Å². The first-order valence-corrected chi connectivity index (χ1v) is 4.86. The van der Waals surface area contributed by atoms with E-state index in [1.54, 1.807) is 0 Å². The number of hydrogen-bond acceptors (Lipinski definition) is 3. The molecule has 0 atom stereocenters. The van der Waals surface area contributed by atoms with E-state index < -0.39 is 11.9 Å². The van der Waals surface area contributed by atoms with Crippen molar-refractivity contribution in [3.05, 3.63) is 11.8 Å². The Morgan fingerprint density at radius 1 is 0.867 bits per heavy atom. The van der Waals surface area contributed by atoms with Crippen molar-refractivity contribution in [3.8, 4) is 0 Å². The van der Waals surface area contributed by atoms with E-state index in [1.165, 1.54) is 0 Å². The second-order valence-electron chi connectivity index (χ2n) is 3.28. The summed E-state index contributed by atoms with van der Waals surface area (Å²) in [7, 11) is 0. The summed E-state index contributed by atoms with van der Waals surface area (Å²) in [6.45, 7) is 0. The molecule has 5 heteroatoms. The van der Waals surface area contributed by atoms with Crippen LogP contribution in [0, 0.1) is 0 Å². The maximum Gasteiger partial charge on any atom is 0.331 e. The molecule has 0 spiro atoms. The quantitative estimate of drug-likeness (QED) is 0.327. The van der Waals surface area contributed by atoms with Gasteiger partial charge in [-0.25, -0.2) is 4.79 Å². The minimum Gasteiger partial charge on any atom is -0.512 e. The Bertz CT molecular complexity index is 244. The van der Waals surface area contributed by atoms with Crippen molar-refractivity contribution in [2.24, 2.45) is 0 Å². The Morgan fingerprint density at radius 2 is 1.40 bits per heavy atom. The molecule has 3 N–H and O–H groups in total. The molecule has 0 aromatic carbocycles. The number of aliphatic hydroxyl groups excluding tert-OH is 1. The predicted octanol–water partition coefficient (Wildman–Crippen LogP) is 1.94. The molecule has 0 radical (unpaired) electrons. The number of aliphatic carboxylic acids is 2. The molecule has 0 amide bonds. The van der Waals surface area contributed by atoms with Gasteiger partial charge in [0, 0.05) is 12.8 Å². The summed E-state index contributed by atoms with van der Waals surface area (Å²) in [5.74, 6) is -2.09. The van der Waals surface area contributed by atoms with Gasteiger partial charge in [0.2, 0.25) is 0 Å². The second kappa shape index (κ2) is 7.84. The standard InChI is InChI=1S/C10H16O5/c11-8(7-10(14)15)5-3-1-2-4-6-9(12)13/h7,11H,1-6H2,(H,12,13)(H,14,15)/b8-7-. The van der Waals surface area contributed by atoms with Crippen LogP contribution in [0.4, 0.5) is 0 Å².